The molecule has 0 bridgehead atoms. The molecule has 1 aliphatic heterocycles. The molecule has 162 valence electrons. The number of carbonyl (C=O) groups is 1. The van der Waals surface area contributed by atoms with Crippen LogP contribution in [0.2, 0.25) is 0 Å². The number of anilines is 1. The van der Waals surface area contributed by atoms with E-state index in [9.17, 15) is 9.90 Å². The molecular weight excluding hydrogens is 400 g/mol. The fourth-order valence-corrected chi connectivity index (χ4v) is 3.96. The van der Waals surface area contributed by atoms with Gasteiger partial charge in [0.05, 0.1) is 17.2 Å². The quantitative estimate of drug-likeness (QED) is 0.519. The van der Waals surface area contributed by atoms with E-state index in [1.54, 1.807) is 16.2 Å². The molecule has 1 aromatic carbocycles. The Bertz CT molecular complexity index is 890. The summed E-state index contributed by atoms with van der Waals surface area (Å²) >= 11 is 1.56. The Kier molecular flexibility index (Phi) is 6.99. The molecule has 3 rings (SSSR count). The number of thiophene rings is 1. The van der Waals surface area contributed by atoms with E-state index in [-0.39, 0.29) is 13.2 Å². The smallest absolute Gasteiger partial charge is 0.410 e. The molecule has 0 atom stereocenters. The van der Waals surface area contributed by atoms with E-state index in [2.05, 4.69) is 16.0 Å². The summed E-state index contributed by atoms with van der Waals surface area (Å²) in [7, 11) is 0. The van der Waals surface area contributed by atoms with Crippen LogP contribution in [-0.2, 0) is 11.2 Å². The Morgan fingerprint density at radius 3 is 2.80 bits per heavy atom. The maximum Gasteiger partial charge on any atom is 0.410 e. The molecule has 0 saturated carbocycles. The van der Waals surface area contributed by atoms with E-state index < -0.39 is 11.7 Å². The molecule has 3 N–H and O–H groups in total. The van der Waals surface area contributed by atoms with E-state index in [1.165, 1.54) is 5.56 Å². The number of fused-ring (bicyclic) bond motifs is 1. The average molecular weight is 431 g/mol. The Labute approximate surface area is 181 Å². The van der Waals surface area contributed by atoms with Gasteiger partial charge in [-0.25, -0.2) is 9.79 Å². The number of aliphatic imine (C=N–C) groups is 1. The van der Waals surface area contributed by atoms with Gasteiger partial charge in [0.2, 0.25) is 0 Å². The van der Waals surface area contributed by atoms with E-state index in [4.69, 9.17) is 10.5 Å². The van der Waals surface area contributed by atoms with Gasteiger partial charge in [-0.15, -0.1) is 11.3 Å². The predicted molar refractivity (Wildman–Crippen MR) is 122 cm³/mol. The molecule has 1 aromatic heterocycles. The van der Waals surface area contributed by atoms with Crippen molar-refractivity contribution in [2.24, 2.45) is 10.7 Å². The zero-order chi connectivity index (χ0) is 21.7. The lowest BCUT2D eigenvalue weighted by Gasteiger charge is -2.29. The molecule has 0 radical (unpaired) electrons. The molecule has 0 aliphatic carbocycles. The molecule has 2 aromatic rings. The van der Waals surface area contributed by atoms with Gasteiger partial charge in [0.25, 0.3) is 0 Å². The van der Waals surface area contributed by atoms with Gasteiger partial charge < -0.3 is 25.4 Å². The summed E-state index contributed by atoms with van der Waals surface area (Å²) in [5, 5.41) is 11.3. The normalized spacial score (nSPS) is 14.0. The molecule has 8 heteroatoms. The third-order valence-corrected chi connectivity index (χ3v) is 5.64. The largest absolute Gasteiger partial charge is 0.444 e. The van der Waals surface area contributed by atoms with E-state index in [1.807, 2.05) is 50.4 Å². The van der Waals surface area contributed by atoms with Crippen molar-refractivity contribution >= 4 is 34.6 Å². The van der Waals surface area contributed by atoms with Crippen molar-refractivity contribution in [3.05, 3.63) is 46.2 Å². The van der Waals surface area contributed by atoms with Gasteiger partial charge in [0, 0.05) is 31.9 Å². The zero-order valence-electron chi connectivity index (χ0n) is 17.8. The van der Waals surface area contributed by atoms with Crippen LogP contribution in [0.15, 0.2) is 40.7 Å². The summed E-state index contributed by atoms with van der Waals surface area (Å²) in [6.07, 6.45) is 0.546. The highest BCUT2D eigenvalue weighted by atomic mass is 32.1. The van der Waals surface area contributed by atoms with Crippen molar-refractivity contribution in [1.29, 1.82) is 0 Å². The van der Waals surface area contributed by atoms with Crippen molar-refractivity contribution in [1.82, 2.24) is 4.90 Å². The Balaban J connectivity index is 1.69. The number of nitrogens with zero attached hydrogens (tertiary/aromatic N) is 3. The third-order valence-electron chi connectivity index (χ3n) is 4.75. The lowest BCUT2D eigenvalue weighted by Crippen LogP contribution is -2.42. The van der Waals surface area contributed by atoms with Gasteiger partial charge >= 0.3 is 6.09 Å². The van der Waals surface area contributed by atoms with Gasteiger partial charge in [-0.2, -0.15) is 0 Å². The van der Waals surface area contributed by atoms with Crippen molar-refractivity contribution in [3.8, 4) is 0 Å². The molecule has 0 fully saturated rings. The maximum absolute atomic E-state index is 12.4. The van der Waals surface area contributed by atoms with Crippen LogP contribution in [0.1, 0.15) is 31.2 Å². The Morgan fingerprint density at radius 1 is 1.33 bits per heavy atom. The van der Waals surface area contributed by atoms with Crippen molar-refractivity contribution < 1.29 is 14.6 Å². The van der Waals surface area contributed by atoms with E-state index in [0.717, 1.165) is 29.2 Å². The number of hydrogen-bond donors (Lipinski definition) is 2. The number of nitrogens with two attached hydrogens (primary N) is 1. The second-order valence-corrected chi connectivity index (χ2v) is 9.16. The van der Waals surface area contributed by atoms with Crippen molar-refractivity contribution in [3.63, 3.8) is 0 Å². The second-order valence-electron chi connectivity index (χ2n) is 8.22. The number of benzene rings is 1. The number of amides is 1. The van der Waals surface area contributed by atoms with Crippen molar-refractivity contribution in [2.75, 3.05) is 37.7 Å². The molecule has 1 aliphatic rings. The predicted octanol–water partition coefficient (Wildman–Crippen LogP) is 3.38. The Hall–Kier alpha value is -2.58. The summed E-state index contributed by atoms with van der Waals surface area (Å²) in [5.74, 6) is 0.508. The summed E-state index contributed by atoms with van der Waals surface area (Å²) in [6.45, 7) is 7.66. The topological polar surface area (TPSA) is 91.4 Å². The van der Waals surface area contributed by atoms with Crippen LogP contribution in [0.4, 0.5) is 16.2 Å². The van der Waals surface area contributed by atoms with Crippen molar-refractivity contribution in [2.45, 2.75) is 32.8 Å². The summed E-state index contributed by atoms with van der Waals surface area (Å²) < 4.78 is 5.46. The fourth-order valence-electron chi connectivity index (χ4n) is 3.34. The first-order valence-electron chi connectivity index (χ1n) is 10.1. The van der Waals surface area contributed by atoms with Gasteiger partial charge in [-0.3, -0.25) is 0 Å². The van der Waals surface area contributed by atoms with Gasteiger partial charge in [-0.1, -0.05) is 12.1 Å². The van der Waals surface area contributed by atoms with Gasteiger partial charge in [0.1, 0.15) is 11.4 Å². The van der Waals surface area contributed by atoms with Crippen LogP contribution < -0.4 is 10.6 Å². The van der Waals surface area contributed by atoms with Gasteiger partial charge in [0.15, 0.2) is 0 Å². The first-order chi connectivity index (χ1) is 14.3. The molecule has 0 spiro atoms. The first-order valence-corrected chi connectivity index (χ1v) is 11.0. The summed E-state index contributed by atoms with van der Waals surface area (Å²) in [6, 6.07) is 10.0. The Morgan fingerprint density at radius 2 is 2.13 bits per heavy atom. The minimum Gasteiger partial charge on any atom is -0.444 e. The molecular formula is C22H30N4O3S. The lowest BCUT2D eigenvalue weighted by molar-refractivity contribution is 0.0224. The minimum atomic E-state index is -0.569. The molecule has 7 nitrogen and oxygen atoms in total. The molecule has 1 amide bonds. The van der Waals surface area contributed by atoms with Crippen LogP contribution in [0.25, 0.3) is 0 Å². The highest BCUT2D eigenvalue weighted by molar-refractivity contribution is 7.12. The number of ether oxygens (including phenoxy) is 1. The zero-order valence-corrected chi connectivity index (χ0v) is 18.6. The maximum atomic E-state index is 12.4. The van der Waals surface area contributed by atoms with Crippen LogP contribution in [0, 0.1) is 0 Å². The van der Waals surface area contributed by atoms with Crippen LogP contribution in [0.5, 0.6) is 0 Å². The average Bonchev–Trinajstić information content (AvgIpc) is 3.33. The lowest BCUT2D eigenvalue weighted by atomic mass is 10.1. The first kappa shape index (κ1) is 22.1. The van der Waals surface area contributed by atoms with E-state index >= 15 is 0 Å². The van der Waals surface area contributed by atoms with Crippen LogP contribution in [0.3, 0.4) is 0 Å². The molecule has 0 saturated heterocycles. The SMILES string of the molecule is CC(C)(C)OC(=O)N(CCO)CCN1CCc2ccc(N=C(N)c3cccs3)cc21. The summed E-state index contributed by atoms with van der Waals surface area (Å²) in [4.78, 5) is 21.7. The highest BCUT2D eigenvalue weighted by Crippen LogP contribution is 2.32. The van der Waals surface area contributed by atoms with E-state index in [0.29, 0.717) is 18.9 Å². The minimum absolute atomic E-state index is 0.101. The fraction of sp³-hybridized carbons (Fsp3) is 0.455. The standard InChI is InChI=1S/C22H30N4O3S/c1-22(2,3)29-21(28)26(12-13-27)11-10-25-9-8-16-6-7-17(15-18(16)25)24-20(23)19-5-4-14-30-19/h4-7,14-15,27H,8-13H2,1-3H3,(H2,23,24). The number of aliphatic hydroxyl groups excluding tert-OH is 1. The number of rotatable bonds is 7. The third kappa shape index (κ3) is 5.73. The summed E-state index contributed by atoms with van der Waals surface area (Å²) in [5.41, 5.74) is 8.75. The van der Waals surface area contributed by atoms with Crippen LogP contribution >= 0.6 is 11.3 Å². The van der Waals surface area contributed by atoms with Crippen LogP contribution in [-0.4, -0.2) is 60.3 Å². The molecule has 0 unspecified atom stereocenters. The molecule has 30 heavy (non-hydrogen) atoms. The number of hydrogen-bond acceptors (Lipinski definition) is 6. The number of aliphatic hydroxyl groups is 1. The highest BCUT2D eigenvalue weighted by Gasteiger charge is 2.24. The number of amidine groups is 1. The monoisotopic (exact) mass is 430 g/mol. The molecule has 2 heterocycles. The number of carbonyl (C=O) groups excluding carboxylic acids is 1. The second kappa shape index (κ2) is 9.49. The van der Waals surface area contributed by atoms with Gasteiger partial charge in [-0.05, 0) is 56.3 Å².